The number of carbonyl (C=O) groups excluding carboxylic acids is 3. The topological polar surface area (TPSA) is 72.9 Å². The van der Waals surface area contributed by atoms with Gasteiger partial charge in [0.05, 0.1) is 0 Å². The molecule has 0 rings (SSSR count). The van der Waals surface area contributed by atoms with Crippen LogP contribution in [0.25, 0.3) is 0 Å². The van der Waals surface area contributed by atoms with Gasteiger partial charge in [0.25, 0.3) is 0 Å². The van der Waals surface area contributed by atoms with Crippen LogP contribution in [0.5, 0.6) is 0 Å². The standard InChI is InChI=1S/C46H85NO5S/c1-8-10-12-14-16-24-30-36-51-43(48)34-28-22-18-20-26-32-42(53-45(50)38-41(3)39-46(4,5)40-47(6)7)33-27-21-19-23-29-35-44(49)52-37-31-25-17-15-13-11-9-2/h24-25,30-31,41-42H,8-23,26-29,32-40H2,1-7H3/b30-24-,31-25-. The highest BCUT2D eigenvalue weighted by Crippen LogP contribution is 2.31. The number of unbranched alkanes of at least 4 members (excludes halogenated alkanes) is 16. The summed E-state index contributed by atoms with van der Waals surface area (Å²) < 4.78 is 10.7. The Morgan fingerprint density at radius 1 is 0.623 bits per heavy atom. The maximum absolute atomic E-state index is 13.2. The molecule has 0 saturated heterocycles. The van der Waals surface area contributed by atoms with Crippen molar-refractivity contribution in [3.05, 3.63) is 24.3 Å². The van der Waals surface area contributed by atoms with Crippen molar-refractivity contribution in [2.75, 3.05) is 33.9 Å². The fraction of sp³-hybridized carbons (Fsp3) is 0.848. The molecule has 0 amide bonds. The van der Waals surface area contributed by atoms with E-state index in [0.29, 0.717) is 48.8 Å². The Labute approximate surface area is 332 Å². The summed E-state index contributed by atoms with van der Waals surface area (Å²) in [5, 5.41) is 0.715. The first-order chi connectivity index (χ1) is 25.5. The molecule has 0 saturated carbocycles. The van der Waals surface area contributed by atoms with Crippen LogP contribution in [0.1, 0.15) is 202 Å². The Hall–Kier alpha value is -1.60. The molecule has 0 aliphatic carbocycles. The highest BCUT2D eigenvalue weighted by atomic mass is 32.2. The Kier molecular flexibility index (Phi) is 35.0. The minimum Gasteiger partial charge on any atom is -0.461 e. The molecule has 0 fully saturated rings. The average Bonchev–Trinajstić information content (AvgIpc) is 3.08. The monoisotopic (exact) mass is 764 g/mol. The molecule has 0 N–H and O–H groups in total. The smallest absolute Gasteiger partial charge is 0.306 e. The molecular weight excluding hydrogens is 679 g/mol. The zero-order valence-corrected chi connectivity index (χ0v) is 36.7. The molecule has 0 aromatic rings. The van der Waals surface area contributed by atoms with Gasteiger partial charge >= 0.3 is 11.9 Å². The van der Waals surface area contributed by atoms with Crippen LogP contribution >= 0.6 is 11.8 Å². The quantitative estimate of drug-likeness (QED) is 0.0354. The van der Waals surface area contributed by atoms with Crippen molar-refractivity contribution < 1.29 is 23.9 Å². The number of rotatable bonds is 37. The van der Waals surface area contributed by atoms with Gasteiger partial charge in [0.1, 0.15) is 13.2 Å². The molecule has 0 bridgehead atoms. The fourth-order valence-electron chi connectivity index (χ4n) is 7.24. The van der Waals surface area contributed by atoms with E-state index in [9.17, 15) is 14.4 Å². The van der Waals surface area contributed by atoms with Gasteiger partial charge in [-0.3, -0.25) is 14.4 Å². The third kappa shape index (κ3) is 37.1. The van der Waals surface area contributed by atoms with Crippen molar-refractivity contribution >= 4 is 28.8 Å². The summed E-state index contributed by atoms with van der Waals surface area (Å²) in [5.74, 6) is 0.194. The van der Waals surface area contributed by atoms with Gasteiger partial charge in [-0.15, -0.1) is 0 Å². The van der Waals surface area contributed by atoms with E-state index in [4.69, 9.17) is 9.47 Å². The summed E-state index contributed by atoms with van der Waals surface area (Å²) in [6.45, 7) is 13.1. The molecule has 0 aromatic heterocycles. The third-order valence-electron chi connectivity index (χ3n) is 9.74. The molecule has 1 unspecified atom stereocenters. The van der Waals surface area contributed by atoms with Crippen molar-refractivity contribution in [1.82, 2.24) is 4.90 Å². The summed E-state index contributed by atoms with van der Waals surface area (Å²) in [5.41, 5.74) is 0.190. The van der Waals surface area contributed by atoms with E-state index >= 15 is 0 Å². The van der Waals surface area contributed by atoms with Gasteiger partial charge < -0.3 is 14.4 Å². The van der Waals surface area contributed by atoms with Crippen molar-refractivity contribution in [3.63, 3.8) is 0 Å². The van der Waals surface area contributed by atoms with Crippen molar-refractivity contribution in [1.29, 1.82) is 0 Å². The first kappa shape index (κ1) is 51.4. The first-order valence-electron chi connectivity index (χ1n) is 21.9. The summed E-state index contributed by atoms with van der Waals surface area (Å²) in [6.07, 6.45) is 35.9. The Morgan fingerprint density at radius 2 is 1.06 bits per heavy atom. The highest BCUT2D eigenvalue weighted by Gasteiger charge is 2.24. The molecule has 0 aromatic carbocycles. The average molecular weight is 764 g/mol. The van der Waals surface area contributed by atoms with Crippen LogP contribution in [0.15, 0.2) is 24.3 Å². The molecule has 310 valence electrons. The molecule has 0 spiro atoms. The highest BCUT2D eigenvalue weighted by molar-refractivity contribution is 8.14. The Balaban J connectivity index is 4.46. The van der Waals surface area contributed by atoms with Crippen LogP contribution in [-0.2, 0) is 23.9 Å². The largest absolute Gasteiger partial charge is 0.461 e. The number of carbonyl (C=O) groups is 3. The minimum atomic E-state index is -0.0916. The van der Waals surface area contributed by atoms with E-state index in [0.717, 1.165) is 103 Å². The molecule has 7 heteroatoms. The lowest BCUT2D eigenvalue weighted by molar-refractivity contribution is -0.143. The molecule has 0 aliphatic heterocycles. The molecule has 0 heterocycles. The van der Waals surface area contributed by atoms with Crippen molar-refractivity contribution in [2.45, 2.75) is 207 Å². The van der Waals surface area contributed by atoms with Crippen LogP contribution in [-0.4, -0.2) is 61.1 Å². The van der Waals surface area contributed by atoms with E-state index in [-0.39, 0.29) is 17.4 Å². The predicted molar refractivity (Wildman–Crippen MR) is 229 cm³/mol. The molecular formula is C46H85NO5S. The first-order valence-corrected chi connectivity index (χ1v) is 22.8. The minimum absolute atomic E-state index is 0.0916. The molecule has 53 heavy (non-hydrogen) atoms. The molecule has 0 radical (unpaired) electrons. The summed E-state index contributed by atoms with van der Waals surface area (Å²) in [7, 11) is 4.24. The van der Waals surface area contributed by atoms with E-state index in [2.05, 4.69) is 65.8 Å². The number of nitrogens with zero attached hydrogens (tertiary/aromatic N) is 1. The maximum atomic E-state index is 13.2. The van der Waals surface area contributed by atoms with Crippen molar-refractivity contribution in [3.8, 4) is 0 Å². The van der Waals surface area contributed by atoms with Crippen LogP contribution in [0.4, 0.5) is 0 Å². The number of hydrogen-bond acceptors (Lipinski definition) is 7. The summed E-state index contributed by atoms with van der Waals surface area (Å²) >= 11 is 1.61. The second-order valence-electron chi connectivity index (χ2n) is 16.6. The second kappa shape index (κ2) is 36.1. The van der Waals surface area contributed by atoms with E-state index in [1.807, 2.05) is 12.2 Å². The van der Waals surface area contributed by atoms with Gasteiger partial charge in [-0.25, -0.2) is 0 Å². The number of esters is 2. The second-order valence-corrected chi connectivity index (χ2v) is 18.0. The number of hydrogen-bond donors (Lipinski definition) is 0. The SMILES string of the molecule is CCCCCC/C=C\COC(=O)CCCCCCCC(CCCCCCCC(=O)OC/C=C\CCCCCC)SC(=O)CC(C)CC(C)(C)CN(C)C. The number of thioether (sulfide) groups is 1. The number of allylic oxidation sites excluding steroid dienone is 2. The zero-order valence-electron chi connectivity index (χ0n) is 35.9. The van der Waals surface area contributed by atoms with E-state index in [1.165, 1.54) is 51.4 Å². The van der Waals surface area contributed by atoms with Crippen LogP contribution in [0.3, 0.4) is 0 Å². The van der Waals surface area contributed by atoms with Gasteiger partial charge in [-0.1, -0.05) is 161 Å². The summed E-state index contributed by atoms with van der Waals surface area (Å²) in [6, 6.07) is 0. The van der Waals surface area contributed by atoms with Gasteiger partial charge in [0.15, 0.2) is 5.12 Å². The molecule has 0 aliphatic rings. The van der Waals surface area contributed by atoms with Crippen LogP contribution < -0.4 is 0 Å². The lowest BCUT2D eigenvalue weighted by Gasteiger charge is -2.31. The summed E-state index contributed by atoms with van der Waals surface area (Å²) in [4.78, 5) is 39.6. The van der Waals surface area contributed by atoms with Crippen molar-refractivity contribution in [2.24, 2.45) is 11.3 Å². The zero-order chi connectivity index (χ0) is 39.4. The Bertz CT molecular complexity index is 894. The fourth-order valence-corrected chi connectivity index (χ4v) is 8.56. The van der Waals surface area contributed by atoms with Crippen LogP contribution in [0.2, 0.25) is 0 Å². The van der Waals surface area contributed by atoms with Gasteiger partial charge in [0, 0.05) is 31.1 Å². The predicted octanol–water partition coefficient (Wildman–Crippen LogP) is 13.2. The third-order valence-corrected chi connectivity index (χ3v) is 11.0. The van der Waals surface area contributed by atoms with Gasteiger partial charge in [-0.2, -0.15) is 0 Å². The Morgan fingerprint density at radius 3 is 1.51 bits per heavy atom. The lowest BCUT2D eigenvalue weighted by atomic mass is 9.82. The normalized spacial score (nSPS) is 12.8. The van der Waals surface area contributed by atoms with E-state index < -0.39 is 0 Å². The van der Waals surface area contributed by atoms with E-state index in [1.54, 1.807) is 11.8 Å². The molecule has 1 atom stereocenters. The number of ether oxygens (including phenoxy) is 2. The van der Waals surface area contributed by atoms with Crippen LogP contribution in [0, 0.1) is 11.3 Å². The molecule has 6 nitrogen and oxygen atoms in total. The van der Waals surface area contributed by atoms with Gasteiger partial charge in [0.2, 0.25) is 0 Å². The van der Waals surface area contributed by atoms with Gasteiger partial charge in [-0.05, 0) is 83.2 Å². The lowest BCUT2D eigenvalue weighted by Crippen LogP contribution is -2.30. The maximum Gasteiger partial charge on any atom is 0.306 e.